The topological polar surface area (TPSA) is 233 Å². The van der Waals surface area contributed by atoms with Crippen molar-refractivity contribution in [2.24, 2.45) is 24.6 Å². The highest BCUT2D eigenvalue weighted by Crippen LogP contribution is 2.70. The molecule has 2 saturated carbocycles. The fourth-order valence-corrected chi connectivity index (χ4v) is 15.8. The Balaban J connectivity index is 0.000000202. The number of benzene rings is 3. The average molecular weight is 1600 g/mol. The maximum Gasteiger partial charge on any atom is 0.435 e. The first-order chi connectivity index (χ1) is 50.3. The SMILES string of the molecule is CC(C)(C)OC(=O)N1[C@H](C#Cc2ccc(Br)c([C@@H](CC(=O)Cn3nc(C(F)(F)F)c4c3C(F)(F)[C@@H]3C[C@H]43)Cc3cc(F)cc(F)c3)n2)COC1(C)C.Cn1nc(CS(C)(=O)=O)c2cccc(-c3ccc(C#C[C@@H](N)CO)nc3[C@@H](CC(=O)Cn3nc(C(F)(F)F)c4c3C(F)(F)[C@@H]3C[C@H]43)Cc3cc(F)cc(F)c3)c21. The van der Waals surface area contributed by atoms with E-state index in [4.69, 9.17) is 20.2 Å². The Kier molecular flexibility index (Phi) is 20.9. The number of rotatable bonds is 18. The van der Waals surface area contributed by atoms with Crippen molar-refractivity contribution in [1.82, 2.24) is 44.2 Å². The fourth-order valence-electron chi connectivity index (χ4n) is 14.6. The van der Waals surface area contributed by atoms with Gasteiger partial charge in [0.2, 0.25) is 0 Å². The van der Waals surface area contributed by atoms with Crippen LogP contribution in [-0.4, -0.2) is 118 Å². The molecule has 572 valence electrons. The molecule has 8 aromatic rings. The number of aryl methyl sites for hydroxylation is 1. The smallest absolute Gasteiger partial charge is 0.435 e. The summed E-state index contributed by atoms with van der Waals surface area (Å²) < 4.78 is 241. The lowest BCUT2D eigenvalue weighted by molar-refractivity contribution is -0.143. The number of amides is 1. The van der Waals surface area contributed by atoms with E-state index in [-0.39, 0.29) is 77.6 Å². The zero-order valence-electron chi connectivity index (χ0n) is 58.4. The van der Waals surface area contributed by atoms with Gasteiger partial charge in [0.05, 0.1) is 47.6 Å². The minimum atomic E-state index is -5.05. The van der Waals surface area contributed by atoms with E-state index in [9.17, 15) is 71.8 Å². The zero-order chi connectivity index (χ0) is 78.6. The van der Waals surface area contributed by atoms with Crippen LogP contribution in [0.4, 0.5) is 66.3 Å². The number of halogens is 15. The quantitative estimate of drug-likeness (QED) is 0.0601. The van der Waals surface area contributed by atoms with Crippen molar-refractivity contribution < 1.29 is 98.8 Å². The third-order valence-corrected chi connectivity index (χ3v) is 20.5. The first kappa shape index (κ1) is 78.5. The van der Waals surface area contributed by atoms with Crippen LogP contribution >= 0.6 is 15.9 Å². The van der Waals surface area contributed by atoms with Gasteiger partial charge in [0.15, 0.2) is 32.8 Å². The molecule has 4 aliphatic carbocycles. The molecule has 6 heterocycles. The molecule has 0 spiro atoms. The largest absolute Gasteiger partial charge is 0.444 e. The van der Waals surface area contributed by atoms with Crippen LogP contribution < -0.4 is 5.73 Å². The van der Waals surface area contributed by atoms with Crippen LogP contribution in [0.5, 0.6) is 0 Å². The molecule has 3 N–H and O–H groups in total. The number of ether oxygens (including phenoxy) is 2. The van der Waals surface area contributed by atoms with Gasteiger partial charge in [0.25, 0.3) is 11.8 Å². The lowest BCUT2D eigenvalue weighted by Gasteiger charge is -2.33. The van der Waals surface area contributed by atoms with E-state index < -0.39 is 200 Å². The minimum Gasteiger partial charge on any atom is -0.444 e. The van der Waals surface area contributed by atoms with Crippen LogP contribution in [0, 0.1) is 58.8 Å². The van der Waals surface area contributed by atoms with Gasteiger partial charge < -0.3 is 20.3 Å². The van der Waals surface area contributed by atoms with Gasteiger partial charge in [-0.05, 0) is 160 Å². The number of sulfone groups is 1. The van der Waals surface area contributed by atoms with Crippen molar-refractivity contribution >= 4 is 54.3 Å². The average Bonchev–Trinajstić information content (AvgIpc) is 1.52. The van der Waals surface area contributed by atoms with E-state index in [1.54, 1.807) is 78.1 Å². The Morgan fingerprint density at radius 2 is 1.20 bits per heavy atom. The molecule has 1 aliphatic heterocycles. The first-order valence-corrected chi connectivity index (χ1v) is 36.6. The standard InChI is InChI=1S/C38H33F7N6O4S.C36H34BrF7N4O4/c1-50-34-27(4-3-5-28(34)31(48-50)18-56(2,54)55)26-9-8-24(7-6-23(46)17-52)47-33(26)20(10-19-11-21(39)14-22(40)12-19)13-25(53)16-51-36-32(35(49-51)38(43,44)45)29-15-30(29)37(36,41)42;1-33(2,3)52-32(50)48-23(17-51-34(48,4)5)8-6-22-7-9-27(37)29(45-22)19(10-18-11-20(38)14-21(39)12-18)13-24(49)16-47-31-28(30(46-47)36(42,43)44)25-15-26(25)35(31,40)41/h3-5,8-9,11-12,14,20,23,29-30,52H,10,13,15-18,46H2,1-2H3;7,9,11-12,14,19,23,25-26H,10,13,15-17H2,1-5H3/t20-,23-,29+,30-;19-,23-,25+,26-/m11/s1. The van der Waals surface area contributed by atoms with Gasteiger partial charge >= 0.3 is 18.4 Å². The molecule has 1 amide bonds. The summed E-state index contributed by atoms with van der Waals surface area (Å²) >= 11 is 3.41. The van der Waals surface area contributed by atoms with Gasteiger partial charge in [0, 0.05) is 94.1 Å². The molecule has 108 heavy (non-hydrogen) atoms. The second kappa shape index (κ2) is 28.7. The Morgan fingerprint density at radius 3 is 1.69 bits per heavy atom. The summed E-state index contributed by atoms with van der Waals surface area (Å²) in [4.78, 5) is 51.3. The van der Waals surface area contributed by atoms with E-state index in [1.807, 2.05) is 0 Å². The maximum atomic E-state index is 15.4. The van der Waals surface area contributed by atoms with Gasteiger partial charge in [-0.2, -0.15) is 59.2 Å². The number of carbonyl (C=O) groups excluding carboxylic acids is 3. The van der Waals surface area contributed by atoms with Crippen LogP contribution in [-0.2, 0) is 91.8 Å². The van der Waals surface area contributed by atoms with Crippen LogP contribution in [0.2, 0.25) is 0 Å². The molecular formula is C74H67BrF14N10O8S. The van der Waals surface area contributed by atoms with E-state index >= 15 is 17.6 Å². The monoisotopic (exact) mass is 1600 g/mol. The number of hydrogen-bond acceptors (Lipinski definition) is 14. The number of nitrogens with two attached hydrogens (primary N) is 1. The molecule has 1 saturated heterocycles. The van der Waals surface area contributed by atoms with Crippen LogP contribution in [0.25, 0.3) is 22.0 Å². The summed E-state index contributed by atoms with van der Waals surface area (Å²) in [5.74, 6) is -8.23. The lowest BCUT2D eigenvalue weighted by atomic mass is 9.86. The van der Waals surface area contributed by atoms with Crippen LogP contribution in [0.3, 0.4) is 0 Å². The number of aliphatic hydroxyl groups is 1. The Hall–Kier alpha value is -9.09. The molecule has 5 aromatic heterocycles. The predicted molar refractivity (Wildman–Crippen MR) is 364 cm³/mol. The molecule has 0 unspecified atom stereocenters. The van der Waals surface area contributed by atoms with E-state index in [1.165, 1.54) is 15.6 Å². The van der Waals surface area contributed by atoms with Gasteiger partial charge in [0.1, 0.15) is 76.5 Å². The number of carbonyl (C=O) groups is 3. The van der Waals surface area contributed by atoms with Crippen molar-refractivity contribution in [3.05, 3.63) is 180 Å². The molecule has 34 heteroatoms. The number of hydrogen-bond donors (Lipinski definition) is 2. The number of fused-ring (bicyclic) bond motifs is 7. The summed E-state index contributed by atoms with van der Waals surface area (Å²) in [7, 11) is -1.93. The summed E-state index contributed by atoms with van der Waals surface area (Å²) in [6.07, 6.45) is -11.3. The Bertz CT molecular complexity index is 5160. The number of aliphatic hydroxyl groups excluding tert-OH is 1. The molecule has 8 atom stereocenters. The second-order valence-electron chi connectivity index (χ2n) is 29.0. The number of nitrogens with zero attached hydrogens (tertiary/aromatic N) is 9. The fraction of sp³-hybridized carbons (Fsp3) is 0.432. The van der Waals surface area contributed by atoms with E-state index in [2.05, 4.69) is 59.9 Å². The maximum absolute atomic E-state index is 15.4. The predicted octanol–water partition coefficient (Wildman–Crippen LogP) is 13.8. The number of pyridine rings is 2. The first-order valence-electron chi connectivity index (χ1n) is 33.7. The molecular weight excluding hydrogens is 1530 g/mol. The van der Waals surface area contributed by atoms with Gasteiger partial charge in [-0.1, -0.05) is 30.0 Å². The molecule has 0 radical (unpaired) electrons. The summed E-state index contributed by atoms with van der Waals surface area (Å²) in [6, 6.07) is 15.1. The van der Waals surface area contributed by atoms with Crippen molar-refractivity contribution in [2.45, 2.75) is 163 Å². The molecule has 18 nitrogen and oxygen atoms in total. The zero-order valence-corrected chi connectivity index (χ0v) is 60.8. The second-order valence-corrected chi connectivity index (χ2v) is 32.0. The number of Topliss-reactive ketones (excluding diaryl/α,β-unsaturated/α-hetero) is 2. The lowest BCUT2D eigenvalue weighted by Crippen LogP contribution is -2.49. The number of ketones is 2. The van der Waals surface area contributed by atoms with Crippen molar-refractivity contribution in [2.75, 3.05) is 19.5 Å². The Labute approximate surface area is 616 Å². The highest BCUT2D eigenvalue weighted by molar-refractivity contribution is 9.10. The molecule has 13 rings (SSSR count). The number of alkyl halides is 10. The van der Waals surface area contributed by atoms with Gasteiger partial charge in [-0.25, -0.2) is 40.7 Å². The summed E-state index contributed by atoms with van der Waals surface area (Å²) in [6.45, 7) is 6.28. The van der Waals surface area contributed by atoms with Gasteiger partial charge in [-0.3, -0.25) is 28.5 Å². The number of aromatic nitrogens is 8. The van der Waals surface area contributed by atoms with Gasteiger partial charge in [-0.15, -0.1) is 0 Å². The number of para-hydroxylation sites is 1. The third kappa shape index (κ3) is 16.4. The van der Waals surface area contributed by atoms with Crippen LogP contribution in [0.1, 0.15) is 157 Å². The molecule has 0 bridgehead atoms. The highest BCUT2D eigenvalue weighted by atomic mass is 79.9. The third-order valence-electron chi connectivity index (χ3n) is 19.0. The minimum absolute atomic E-state index is 0.0681. The highest BCUT2D eigenvalue weighted by Gasteiger charge is 2.70. The molecule has 3 fully saturated rings. The van der Waals surface area contributed by atoms with E-state index in [0.717, 1.165) is 30.5 Å². The van der Waals surface area contributed by atoms with Crippen LogP contribution in [0.15, 0.2) is 83.3 Å². The van der Waals surface area contributed by atoms with Crippen molar-refractivity contribution in [1.29, 1.82) is 0 Å². The summed E-state index contributed by atoms with van der Waals surface area (Å²) in [5, 5.41) is 21.3. The Morgan fingerprint density at radius 1 is 0.713 bits per heavy atom. The van der Waals surface area contributed by atoms with Crippen molar-refractivity contribution in [3.8, 4) is 34.8 Å². The normalized spacial score (nSPS) is 20.0. The van der Waals surface area contributed by atoms with Crippen molar-refractivity contribution in [3.63, 3.8) is 0 Å². The van der Waals surface area contributed by atoms with E-state index in [0.29, 0.717) is 48.0 Å². The summed E-state index contributed by atoms with van der Waals surface area (Å²) in [5.41, 5.74) is 0.390. The molecule has 5 aliphatic rings. The molecule has 3 aromatic carbocycles.